The molecule has 0 spiro atoms. The fourth-order valence-corrected chi connectivity index (χ4v) is 8.81. The van der Waals surface area contributed by atoms with Crippen molar-refractivity contribution in [1.29, 1.82) is 0 Å². The number of hydrogen-bond donors (Lipinski definition) is 7. The molecular weight excluding hydrogens is 861 g/mol. The summed E-state index contributed by atoms with van der Waals surface area (Å²) in [6.45, 7) is 3.72. The minimum Gasteiger partial charge on any atom is -0.457 e. The second-order valence-electron chi connectivity index (χ2n) is 19.4. The van der Waals surface area contributed by atoms with Crippen molar-refractivity contribution in [2.75, 3.05) is 33.0 Å². The number of unbranched alkanes of at least 4 members (excludes halogenated alkanes) is 28. The van der Waals surface area contributed by atoms with Gasteiger partial charge in [0.1, 0.15) is 54.9 Å². The van der Waals surface area contributed by atoms with Gasteiger partial charge in [-0.15, -0.1) is 0 Å². The molecule has 2 saturated heterocycles. The van der Waals surface area contributed by atoms with E-state index in [1.807, 2.05) is 0 Å². The molecule has 396 valence electrons. The van der Waals surface area contributed by atoms with Crippen LogP contribution in [-0.4, -0.2) is 142 Å². The lowest BCUT2D eigenvalue weighted by molar-refractivity contribution is -0.332. The Morgan fingerprint density at radius 3 is 1.36 bits per heavy atom. The first-order valence-corrected chi connectivity index (χ1v) is 27.3. The van der Waals surface area contributed by atoms with Crippen molar-refractivity contribution in [3.05, 3.63) is 12.2 Å². The predicted molar refractivity (Wildman–Crippen MR) is 261 cm³/mol. The third-order valence-electron chi connectivity index (χ3n) is 13.3. The molecule has 0 saturated carbocycles. The Hall–Kier alpha value is -1.27. The maximum Gasteiger partial charge on any atom is 0.306 e. The molecule has 11 atom stereocenters. The van der Waals surface area contributed by atoms with E-state index < -0.39 is 80.7 Å². The highest BCUT2D eigenvalue weighted by molar-refractivity contribution is 5.69. The summed E-state index contributed by atoms with van der Waals surface area (Å²) in [4.78, 5) is 13.0. The van der Waals surface area contributed by atoms with Gasteiger partial charge in [0, 0.05) is 13.0 Å². The summed E-state index contributed by atoms with van der Waals surface area (Å²) in [6.07, 6.45) is 26.9. The van der Waals surface area contributed by atoms with Crippen LogP contribution in [-0.2, 0) is 33.2 Å². The molecule has 0 aromatic heterocycles. The van der Waals surface area contributed by atoms with E-state index in [0.29, 0.717) is 13.0 Å². The molecule has 2 fully saturated rings. The van der Waals surface area contributed by atoms with Gasteiger partial charge < -0.3 is 64.2 Å². The zero-order valence-corrected chi connectivity index (χ0v) is 42.2. The van der Waals surface area contributed by atoms with Gasteiger partial charge in [-0.1, -0.05) is 187 Å². The van der Waals surface area contributed by atoms with E-state index in [4.69, 9.17) is 28.4 Å². The molecule has 67 heavy (non-hydrogen) atoms. The Kier molecular flexibility index (Phi) is 38.2. The van der Waals surface area contributed by atoms with Gasteiger partial charge in [-0.3, -0.25) is 4.79 Å². The summed E-state index contributed by atoms with van der Waals surface area (Å²) in [7, 11) is 0. The van der Waals surface area contributed by atoms with Gasteiger partial charge in [-0.2, -0.15) is 0 Å². The van der Waals surface area contributed by atoms with E-state index in [0.717, 1.165) is 44.9 Å². The minimum atomic E-state index is -1.70. The number of esters is 1. The molecule has 0 aromatic rings. The summed E-state index contributed by atoms with van der Waals surface area (Å²) in [6, 6.07) is 0. The van der Waals surface area contributed by atoms with Gasteiger partial charge in [0.15, 0.2) is 12.6 Å². The minimum absolute atomic E-state index is 0.0658. The fourth-order valence-electron chi connectivity index (χ4n) is 8.81. The Labute approximate surface area is 405 Å². The number of ether oxygens (including phenoxy) is 6. The molecule has 2 aliphatic heterocycles. The topological polar surface area (TPSA) is 214 Å². The van der Waals surface area contributed by atoms with Gasteiger partial charge in [-0.05, 0) is 38.5 Å². The largest absolute Gasteiger partial charge is 0.457 e. The maximum atomic E-state index is 13.0. The zero-order valence-electron chi connectivity index (χ0n) is 42.2. The summed E-state index contributed by atoms with van der Waals surface area (Å²) in [5, 5.41) is 72.2. The second kappa shape index (κ2) is 41.4. The smallest absolute Gasteiger partial charge is 0.306 e. The normalized spacial score (nSPS) is 26.1. The number of aliphatic hydroxyl groups excluding tert-OH is 7. The quantitative estimate of drug-likeness (QED) is 0.0173. The molecule has 0 aromatic carbocycles. The molecule has 0 bridgehead atoms. The molecule has 7 N–H and O–H groups in total. The number of carbonyl (C=O) groups excluding carboxylic acids is 1. The van der Waals surface area contributed by atoms with Crippen LogP contribution in [0, 0.1) is 0 Å². The van der Waals surface area contributed by atoms with Gasteiger partial charge in [0.05, 0.1) is 26.4 Å². The van der Waals surface area contributed by atoms with Crippen LogP contribution in [0.15, 0.2) is 12.2 Å². The van der Waals surface area contributed by atoms with Crippen molar-refractivity contribution in [3.63, 3.8) is 0 Å². The van der Waals surface area contributed by atoms with Gasteiger partial charge in [0.2, 0.25) is 0 Å². The molecule has 0 amide bonds. The van der Waals surface area contributed by atoms with E-state index in [1.54, 1.807) is 0 Å². The first-order chi connectivity index (χ1) is 32.6. The lowest BCUT2D eigenvalue weighted by atomic mass is 9.98. The molecule has 14 heteroatoms. The van der Waals surface area contributed by atoms with Gasteiger partial charge in [-0.25, -0.2) is 0 Å². The lowest BCUT2D eigenvalue weighted by Crippen LogP contribution is -2.61. The van der Waals surface area contributed by atoms with Crippen LogP contribution in [0.1, 0.15) is 219 Å². The van der Waals surface area contributed by atoms with Crippen molar-refractivity contribution in [1.82, 2.24) is 0 Å². The number of carbonyl (C=O) groups is 1. The maximum absolute atomic E-state index is 13.0. The van der Waals surface area contributed by atoms with Crippen molar-refractivity contribution < 1.29 is 69.0 Å². The molecule has 14 nitrogen and oxygen atoms in total. The van der Waals surface area contributed by atoms with Crippen molar-refractivity contribution in [3.8, 4) is 0 Å². The SMILES string of the molecule is CCCCCCCCC/C=C\CCCCCCCCCC(=O)OC(COCCCCCCCCCCCCCCCCC)COC1OC(COC2OC(CO)C(O)C(O)C2O)C(O)C(O)C1O. The Balaban J connectivity index is 1.74. The third kappa shape index (κ3) is 29.0. The van der Waals surface area contributed by atoms with Crippen LogP contribution in [0.25, 0.3) is 0 Å². The van der Waals surface area contributed by atoms with E-state index in [-0.39, 0.29) is 25.6 Å². The molecule has 0 radical (unpaired) electrons. The molecule has 2 rings (SSSR count). The highest BCUT2D eigenvalue weighted by atomic mass is 16.7. The van der Waals surface area contributed by atoms with Crippen LogP contribution in [0.5, 0.6) is 0 Å². The summed E-state index contributed by atoms with van der Waals surface area (Å²) in [5.74, 6) is -0.376. The monoisotopic (exact) mass is 961 g/mol. The number of aliphatic hydroxyl groups is 7. The Bertz CT molecular complexity index is 1160. The average molecular weight is 961 g/mol. The van der Waals surface area contributed by atoms with E-state index in [1.165, 1.54) is 148 Å². The molecule has 2 aliphatic rings. The van der Waals surface area contributed by atoms with Crippen molar-refractivity contribution >= 4 is 5.97 Å². The van der Waals surface area contributed by atoms with Crippen LogP contribution < -0.4 is 0 Å². The summed E-state index contributed by atoms with van der Waals surface area (Å²) < 4.78 is 34.3. The van der Waals surface area contributed by atoms with Gasteiger partial charge in [0.25, 0.3) is 0 Å². The Morgan fingerprint density at radius 1 is 0.478 bits per heavy atom. The second-order valence-corrected chi connectivity index (χ2v) is 19.4. The fraction of sp³-hybridized carbons (Fsp3) is 0.943. The van der Waals surface area contributed by atoms with Crippen LogP contribution in [0.4, 0.5) is 0 Å². The number of hydrogen-bond acceptors (Lipinski definition) is 14. The summed E-state index contributed by atoms with van der Waals surface area (Å²) in [5.41, 5.74) is 0. The standard InChI is InChI=1S/C53H100O14/c1-3-5-7-9-11-13-15-17-19-20-21-22-24-26-28-30-32-34-36-45(55)65-42(39-62-37-35-33-31-29-27-25-23-18-16-14-12-10-8-6-4-2)40-63-52-51(61)49(59)47(57)44(67-52)41-64-53-50(60)48(58)46(56)43(38-54)66-53/h19-20,42-44,46-54,56-61H,3-18,21-41H2,1-2H3/b20-19-. The highest BCUT2D eigenvalue weighted by Crippen LogP contribution is 2.27. The van der Waals surface area contributed by atoms with Crippen LogP contribution >= 0.6 is 0 Å². The average Bonchev–Trinajstić information content (AvgIpc) is 3.32. The van der Waals surface area contributed by atoms with E-state index >= 15 is 0 Å². The highest BCUT2D eigenvalue weighted by Gasteiger charge is 2.47. The molecule has 11 unspecified atom stereocenters. The number of allylic oxidation sites excluding steroid dienone is 2. The van der Waals surface area contributed by atoms with E-state index in [2.05, 4.69) is 26.0 Å². The first kappa shape index (κ1) is 61.8. The summed E-state index contributed by atoms with van der Waals surface area (Å²) >= 11 is 0. The van der Waals surface area contributed by atoms with Crippen molar-refractivity contribution in [2.45, 2.75) is 287 Å². The molecule has 0 aliphatic carbocycles. The van der Waals surface area contributed by atoms with E-state index in [9.17, 15) is 40.5 Å². The zero-order chi connectivity index (χ0) is 48.7. The van der Waals surface area contributed by atoms with Crippen LogP contribution in [0.2, 0.25) is 0 Å². The molecule has 2 heterocycles. The van der Waals surface area contributed by atoms with Crippen LogP contribution in [0.3, 0.4) is 0 Å². The number of rotatable bonds is 44. The van der Waals surface area contributed by atoms with Gasteiger partial charge >= 0.3 is 5.97 Å². The molecular formula is C53H100O14. The Morgan fingerprint density at radius 2 is 0.881 bits per heavy atom. The predicted octanol–water partition coefficient (Wildman–Crippen LogP) is 8.63. The lowest BCUT2D eigenvalue weighted by Gasteiger charge is -2.42. The third-order valence-corrected chi connectivity index (χ3v) is 13.3. The van der Waals surface area contributed by atoms with Crippen molar-refractivity contribution in [2.24, 2.45) is 0 Å². The first-order valence-electron chi connectivity index (χ1n) is 27.3.